The van der Waals surface area contributed by atoms with Crippen LogP contribution in [0.15, 0.2) is 33.2 Å². The third-order valence-corrected chi connectivity index (χ3v) is 4.85. The first-order valence-corrected chi connectivity index (χ1v) is 8.45. The second-order valence-electron chi connectivity index (χ2n) is 5.39. The molecule has 0 amide bonds. The van der Waals surface area contributed by atoms with Gasteiger partial charge in [0.15, 0.2) is 0 Å². The number of hydrogen-bond acceptors (Lipinski definition) is 5. The SMILES string of the molecule is O[C@@H]1[C@@H](O)[C@H](Cc2ccc3cc(Br)cc(Br)c3n2)OC[C@H]1O. The van der Waals surface area contributed by atoms with Crippen LogP contribution in [-0.2, 0) is 11.2 Å². The van der Waals surface area contributed by atoms with Gasteiger partial charge in [-0.25, -0.2) is 0 Å². The predicted octanol–water partition coefficient (Wildman–Crippen LogP) is 1.78. The minimum atomic E-state index is -1.19. The molecule has 0 saturated carbocycles. The molecule has 1 aliphatic rings. The average molecular weight is 433 g/mol. The quantitative estimate of drug-likeness (QED) is 0.673. The largest absolute Gasteiger partial charge is 0.388 e. The Kier molecular flexibility index (Phi) is 4.82. The van der Waals surface area contributed by atoms with Crippen LogP contribution in [-0.4, -0.2) is 51.3 Å². The van der Waals surface area contributed by atoms with E-state index in [0.717, 1.165) is 25.5 Å². The van der Waals surface area contributed by atoms with E-state index in [1.807, 2.05) is 24.3 Å². The van der Waals surface area contributed by atoms with Crippen molar-refractivity contribution in [1.29, 1.82) is 0 Å². The highest BCUT2D eigenvalue weighted by Gasteiger charge is 2.37. The standard InChI is InChI=1S/C15H15Br2NO4/c16-8-3-7-1-2-9(18-13(7)10(17)4-8)5-12-15(21)14(20)11(19)6-22-12/h1-4,11-12,14-15,19-21H,5-6H2/t11-,12+,14+,15+/m1/s1. The Morgan fingerprint density at radius 1 is 1.14 bits per heavy atom. The van der Waals surface area contributed by atoms with Crippen molar-refractivity contribution in [1.82, 2.24) is 4.98 Å². The Hall–Kier alpha value is -0.570. The van der Waals surface area contributed by atoms with E-state index in [1.165, 1.54) is 0 Å². The molecule has 2 aromatic rings. The number of nitrogens with zero attached hydrogens (tertiary/aromatic N) is 1. The molecule has 2 heterocycles. The summed E-state index contributed by atoms with van der Waals surface area (Å²) in [5, 5.41) is 30.2. The summed E-state index contributed by atoms with van der Waals surface area (Å²) in [6.45, 7) is 0.00706. The number of pyridine rings is 1. The van der Waals surface area contributed by atoms with E-state index in [1.54, 1.807) is 0 Å². The van der Waals surface area contributed by atoms with Crippen molar-refractivity contribution >= 4 is 42.8 Å². The van der Waals surface area contributed by atoms with Crippen LogP contribution < -0.4 is 0 Å². The molecule has 5 nitrogen and oxygen atoms in total. The number of hydrogen-bond donors (Lipinski definition) is 3. The molecule has 3 N–H and O–H groups in total. The van der Waals surface area contributed by atoms with Gasteiger partial charge in [0.05, 0.1) is 18.2 Å². The van der Waals surface area contributed by atoms with E-state index in [0.29, 0.717) is 6.42 Å². The normalized spacial score (nSPS) is 29.0. The van der Waals surface area contributed by atoms with Crippen molar-refractivity contribution in [2.45, 2.75) is 30.8 Å². The molecule has 1 aromatic heterocycles. The second kappa shape index (κ2) is 6.51. The number of benzene rings is 1. The molecule has 1 aliphatic heterocycles. The summed E-state index contributed by atoms with van der Waals surface area (Å²) >= 11 is 6.93. The highest BCUT2D eigenvalue weighted by atomic mass is 79.9. The van der Waals surface area contributed by atoms with Crippen molar-refractivity contribution < 1.29 is 20.1 Å². The van der Waals surface area contributed by atoms with Crippen molar-refractivity contribution in [3.05, 3.63) is 38.9 Å². The molecule has 1 saturated heterocycles. The topological polar surface area (TPSA) is 82.8 Å². The molecule has 4 atom stereocenters. The summed E-state index contributed by atoms with van der Waals surface area (Å²) in [5.74, 6) is 0. The lowest BCUT2D eigenvalue weighted by Gasteiger charge is -2.35. The van der Waals surface area contributed by atoms with E-state index in [2.05, 4.69) is 36.8 Å². The molecule has 1 aromatic carbocycles. The number of rotatable bonds is 2. The zero-order chi connectivity index (χ0) is 15.9. The smallest absolute Gasteiger partial charge is 0.111 e. The molecule has 0 spiro atoms. The van der Waals surface area contributed by atoms with Gasteiger partial charge in [0.1, 0.15) is 18.3 Å². The highest BCUT2D eigenvalue weighted by Crippen LogP contribution is 2.28. The molecule has 0 aliphatic carbocycles. The number of fused-ring (bicyclic) bond motifs is 1. The highest BCUT2D eigenvalue weighted by molar-refractivity contribution is 9.11. The molecule has 0 unspecified atom stereocenters. The maximum Gasteiger partial charge on any atom is 0.111 e. The predicted molar refractivity (Wildman–Crippen MR) is 88.6 cm³/mol. The second-order valence-corrected chi connectivity index (χ2v) is 7.16. The van der Waals surface area contributed by atoms with Crippen LogP contribution in [0.5, 0.6) is 0 Å². The van der Waals surface area contributed by atoms with Crippen LogP contribution in [0.3, 0.4) is 0 Å². The Bertz CT molecular complexity index is 697. The van der Waals surface area contributed by atoms with E-state index in [4.69, 9.17) is 4.74 Å². The fourth-order valence-corrected chi connectivity index (χ4v) is 3.91. The van der Waals surface area contributed by atoms with Gasteiger partial charge in [0.2, 0.25) is 0 Å². The van der Waals surface area contributed by atoms with Crippen LogP contribution in [0.4, 0.5) is 0 Å². The first-order chi connectivity index (χ1) is 10.5. The Morgan fingerprint density at radius 2 is 1.91 bits per heavy atom. The fourth-order valence-electron chi connectivity index (χ4n) is 2.56. The Balaban J connectivity index is 1.85. The van der Waals surface area contributed by atoms with Gasteiger partial charge in [-0.3, -0.25) is 4.98 Å². The third kappa shape index (κ3) is 3.20. The fraction of sp³-hybridized carbons (Fsp3) is 0.400. The summed E-state index contributed by atoms with van der Waals surface area (Å²) < 4.78 is 7.26. The minimum absolute atomic E-state index is 0.00706. The maximum absolute atomic E-state index is 10.00. The number of halogens is 2. The van der Waals surface area contributed by atoms with Crippen LogP contribution in [0.2, 0.25) is 0 Å². The van der Waals surface area contributed by atoms with Gasteiger partial charge >= 0.3 is 0 Å². The average Bonchev–Trinajstić information content (AvgIpc) is 2.48. The molecule has 3 rings (SSSR count). The van der Waals surface area contributed by atoms with Gasteiger partial charge in [0.25, 0.3) is 0 Å². The molecule has 7 heteroatoms. The summed E-state index contributed by atoms with van der Waals surface area (Å²) in [4.78, 5) is 4.59. The van der Waals surface area contributed by atoms with Gasteiger partial charge in [-0.15, -0.1) is 0 Å². The lowest BCUT2D eigenvalue weighted by molar-refractivity contribution is -0.186. The van der Waals surface area contributed by atoms with Crippen molar-refractivity contribution in [3.8, 4) is 0 Å². The van der Waals surface area contributed by atoms with Gasteiger partial charge in [-0.1, -0.05) is 22.0 Å². The number of aliphatic hydroxyl groups excluding tert-OH is 3. The van der Waals surface area contributed by atoms with Crippen molar-refractivity contribution in [3.63, 3.8) is 0 Å². The van der Waals surface area contributed by atoms with E-state index in [9.17, 15) is 15.3 Å². The van der Waals surface area contributed by atoms with Crippen LogP contribution >= 0.6 is 31.9 Å². The molecular weight excluding hydrogens is 418 g/mol. The van der Waals surface area contributed by atoms with Gasteiger partial charge in [-0.2, -0.15) is 0 Å². The van der Waals surface area contributed by atoms with Gasteiger partial charge < -0.3 is 20.1 Å². The van der Waals surface area contributed by atoms with Gasteiger partial charge in [0, 0.05) is 26.4 Å². The first-order valence-electron chi connectivity index (χ1n) is 6.86. The minimum Gasteiger partial charge on any atom is -0.388 e. The molecular formula is C15H15Br2NO4. The molecule has 118 valence electrons. The Labute approximate surface area is 144 Å². The monoisotopic (exact) mass is 431 g/mol. The summed E-state index contributed by atoms with van der Waals surface area (Å²) in [7, 11) is 0. The van der Waals surface area contributed by atoms with Crippen LogP contribution in [0, 0.1) is 0 Å². The van der Waals surface area contributed by atoms with E-state index >= 15 is 0 Å². The zero-order valence-electron chi connectivity index (χ0n) is 11.5. The number of ether oxygens (including phenoxy) is 1. The maximum atomic E-state index is 10.00. The summed E-state index contributed by atoms with van der Waals surface area (Å²) in [6.07, 6.45) is -3.60. The molecule has 22 heavy (non-hydrogen) atoms. The molecule has 1 fully saturated rings. The summed E-state index contributed by atoms with van der Waals surface area (Å²) in [5.41, 5.74) is 1.58. The number of aliphatic hydroxyl groups is 3. The van der Waals surface area contributed by atoms with Crippen molar-refractivity contribution in [2.24, 2.45) is 0 Å². The zero-order valence-corrected chi connectivity index (χ0v) is 14.7. The van der Waals surface area contributed by atoms with Crippen LogP contribution in [0.1, 0.15) is 5.69 Å². The lowest BCUT2D eigenvalue weighted by Crippen LogP contribution is -2.53. The Morgan fingerprint density at radius 3 is 2.68 bits per heavy atom. The first kappa shape index (κ1) is 16.3. The number of aromatic nitrogens is 1. The summed E-state index contributed by atoms with van der Waals surface area (Å²) in [6, 6.07) is 7.72. The van der Waals surface area contributed by atoms with Crippen molar-refractivity contribution in [2.75, 3.05) is 6.61 Å². The van der Waals surface area contributed by atoms with Gasteiger partial charge in [-0.05, 0) is 34.1 Å². The molecule has 0 bridgehead atoms. The van der Waals surface area contributed by atoms with Crippen LogP contribution in [0.25, 0.3) is 10.9 Å². The lowest BCUT2D eigenvalue weighted by atomic mass is 9.96. The third-order valence-electron chi connectivity index (χ3n) is 3.78. The van der Waals surface area contributed by atoms with E-state index < -0.39 is 24.4 Å². The van der Waals surface area contributed by atoms with E-state index in [-0.39, 0.29) is 6.61 Å². The molecule has 0 radical (unpaired) electrons.